The Balaban J connectivity index is 0.00000200. The number of carbonyl (C=O) groups excluding carboxylic acids is 1. The molecule has 1 aliphatic rings. The molecule has 2 atom stereocenters. The number of hydrogen-bond donors (Lipinski definition) is 1. The fourth-order valence-electron chi connectivity index (χ4n) is 2.16. The van der Waals surface area contributed by atoms with Gasteiger partial charge in [0, 0.05) is 6.42 Å². The largest absolute Gasteiger partial charge is 0.487 e. The van der Waals surface area contributed by atoms with Crippen LogP contribution in [-0.4, -0.2) is 31.3 Å². The average molecular weight is 300 g/mol. The molecule has 1 heterocycles. The normalized spacial score (nSPS) is 20.3. The smallest absolute Gasteiger partial charge is 0.320 e. The Morgan fingerprint density at radius 1 is 1.45 bits per heavy atom. The molecule has 0 spiro atoms. The van der Waals surface area contributed by atoms with E-state index in [-0.39, 0.29) is 37.1 Å². The summed E-state index contributed by atoms with van der Waals surface area (Å²) >= 11 is 0. The van der Waals surface area contributed by atoms with Gasteiger partial charge in [0.15, 0.2) is 0 Å². The highest BCUT2D eigenvalue weighted by Crippen LogP contribution is 2.28. The Labute approximate surface area is 126 Å². The van der Waals surface area contributed by atoms with E-state index in [1.807, 2.05) is 31.2 Å². The maximum absolute atomic E-state index is 11.7. The van der Waals surface area contributed by atoms with Gasteiger partial charge >= 0.3 is 5.97 Å². The third kappa shape index (κ3) is 4.39. The van der Waals surface area contributed by atoms with Crippen molar-refractivity contribution in [2.45, 2.75) is 38.9 Å². The fourth-order valence-corrected chi connectivity index (χ4v) is 2.16. The van der Waals surface area contributed by atoms with Crippen molar-refractivity contribution in [3.05, 3.63) is 29.8 Å². The Morgan fingerprint density at radius 3 is 2.95 bits per heavy atom. The molecule has 1 aliphatic heterocycles. The van der Waals surface area contributed by atoms with Gasteiger partial charge in [-0.2, -0.15) is 0 Å². The van der Waals surface area contributed by atoms with Crippen LogP contribution >= 0.6 is 12.4 Å². The predicted octanol–water partition coefficient (Wildman–Crippen LogP) is 2.34. The van der Waals surface area contributed by atoms with Gasteiger partial charge in [0.25, 0.3) is 0 Å². The summed E-state index contributed by atoms with van der Waals surface area (Å²) in [7, 11) is 0. The molecule has 1 aromatic rings. The van der Waals surface area contributed by atoms with E-state index < -0.39 is 0 Å². The van der Waals surface area contributed by atoms with E-state index in [0.29, 0.717) is 0 Å². The van der Waals surface area contributed by atoms with Gasteiger partial charge in [-0.15, -0.1) is 12.4 Å². The van der Waals surface area contributed by atoms with Crippen molar-refractivity contribution in [3.63, 3.8) is 0 Å². The van der Waals surface area contributed by atoms with Crippen molar-refractivity contribution >= 4 is 18.4 Å². The van der Waals surface area contributed by atoms with Crippen molar-refractivity contribution in [1.29, 1.82) is 0 Å². The van der Waals surface area contributed by atoms with Gasteiger partial charge < -0.3 is 14.8 Å². The molecule has 4 nitrogen and oxygen atoms in total. The minimum absolute atomic E-state index is 0. The molecule has 1 aromatic carbocycles. The minimum Gasteiger partial charge on any atom is -0.487 e. The van der Waals surface area contributed by atoms with Crippen LogP contribution in [0.1, 0.15) is 25.8 Å². The van der Waals surface area contributed by atoms with E-state index in [1.165, 1.54) is 0 Å². The topological polar surface area (TPSA) is 47.6 Å². The van der Waals surface area contributed by atoms with Crippen LogP contribution in [-0.2, 0) is 16.0 Å². The molecule has 112 valence electrons. The summed E-state index contributed by atoms with van der Waals surface area (Å²) in [5.74, 6) is 0.680. The van der Waals surface area contributed by atoms with E-state index in [9.17, 15) is 4.79 Å². The first-order valence-electron chi connectivity index (χ1n) is 6.85. The summed E-state index contributed by atoms with van der Waals surface area (Å²) in [5, 5.41) is 3.04. The number of fused-ring (bicyclic) bond motifs is 1. The van der Waals surface area contributed by atoms with Crippen LogP contribution in [0.4, 0.5) is 0 Å². The molecule has 2 unspecified atom stereocenters. The maximum Gasteiger partial charge on any atom is 0.320 e. The number of ether oxygens (including phenoxy) is 2. The summed E-state index contributed by atoms with van der Waals surface area (Å²) in [4.78, 5) is 11.7. The second-order valence-electron chi connectivity index (χ2n) is 4.84. The molecule has 0 saturated carbocycles. The molecule has 0 aliphatic carbocycles. The fraction of sp³-hybridized carbons (Fsp3) is 0.533. The van der Waals surface area contributed by atoms with Gasteiger partial charge in [-0.25, -0.2) is 0 Å². The second kappa shape index (κ2) is 8.12. The highest BCUT2D eigenvalue weighted by Gasteiger charge is 2.29. The zero-order valence-corrected chi connectivity index (χ0v) is 12.7. The second-order valence-corrected chi connectivity index (χ2v) is 4.84. The van der Waals surface area contributed by atoms with Gasteiger partial charge in [0.05, 0.1) is 6.54 Å². The lowest BCUT2D eigenvalue weighted by Gasteiger charge is -2.31. The first-order valence-corrected chi connectivity index (χ1v) is 6.85. The predicted molar refractivity (Wildman–Crippen MR) is 80.5 cm³/mol. The molecular weight excluding hydrogens is 278 g/mol. The van der Waals surface area contributed by atoms with Crippen molar-refractivity contribution in [1.82, 2.24) is 5.32 Å². The summed E-state index contributed by atoms with van der Waals surface area (Å²) in [6.45, 7) is 5.09. The molecule has 5 heteroatoms. The van der Waals surface area contributed by atoms with Crippen LogP contribution in [0.3, 0.4) is 0 Å². The van der Waals surface area contributed by atoms with Gasteiger partial charge in [0.1, 0.15) is 18.0 Å². The first-order chi connectivity index (χ1) is 9.20. The van der Waals surface area contributed by atoms with E-state index in [1.54, 1.807) is 0 Å². The van der Waals surface area contributed by atoms with Gasteiger partial charge in [-0.05, 0) is 31.5 Å². The Morgan fingerprint density at radius 2 is 2.20 bits per heavy atom. The van der Waals surface area contributed by atoms with Gasteiger partial charge in [-0.1, -0.05) is 25.1 Å². The van der Waals surface area contributed by atoms with E-state index in [4.69, 9.17) is 9.47 Å². The van der Waals surface area contributed by atoms with Gasteiger partial charge in [0.2, 0.25) is 0 Å². The number of nitrogens with one attached hydrogen (secondary N) is 1. The van der Waals surface area contributed by atoms with Crippen molar-refractivity contribution in [3.8, 4) is 5.75 Å². The molecule has 0 aromatic heterocycles. The third-order valence-electron chi connectivity index (χ3n) is 3.21. The number of halogens is 1. The lowest BCUT2D eigenvalue weighted by atomic mass is 10.0. The standard InChI is InChI=1S/C15H21NO3.ClH/c1-3-8-16-10-15(17)19-14-9-12-6-4-5-7-13(12)18-11(14)2;/h4-7,11,14,16H,3,8-10H2,1-2H3;1H. The van der Waals surface area contributed by atoms with Crippen LogP contribution in [0.2, 0.25) is 0 Å². The number of esters is 1. The van der Waals surface area contributed by atoms with E-state index in [2.05, 4.69) is 12.2 Å². The number of rotatable bonds is 5. The van der Waals surface area contributed by atoms with Crippen LogP contribution in [0.15, 0.2) is 24.3 Å². The van der Waals surface area contributed by atoms with Crippen LogP contribution in [0.25, 0.3) is 0 Å². The molecule has 0 saturated heterocycles. The highest BCUT2D eigenvalue weighted by molar-refractivity contribution is 5.85. The zero-order chi connectivity index (χ0) is 13.7. The third-order valence-corrected chi connectivity index (χ3v) is 3.21. The average Bonchev–Trinajstić information content (AvgIpc) is 2.40. The molecule has 0 radical (unpaired) electrons. The highest BCUT2D eigenvalue weighted by atomic mass is 35.5. The Bertz CT molecular complexity index is 439. The molecule has 20 heavy (non-hydrogen) atoms. The molecule has 1 N–H and O–H groups in total. The molecular formula is C15H22ClNO3. The first kappa shape index (κ1) is 16.8. The van der Waals surface area contributed by atoms with E-state index >= 15 is 0 Å². The molecule has 2 rings (SSSR count). The Hall–Kier alpha value is -1.26. The monoisotopic (exact) mass is 299 g/mol. The van der Waals surface area contributed by atoms with Gasteiger partial charge in [-0.3, -0.25) is 4.79 Å². The minimum atomic E-state index is -0.215. The zero-order valence-electron chi connectivity index (χ0n) is 11.9. The quantitative estimate of drug-likeness (QED) is 0.670. The van der Waals surface area contributed by atoms with Crippen molar-refractivity contribution < 1.29 is 14.3 Å². The number of benzene rings is 1. The lowest BCUT2D eigenvalue weighted by Crippen LogP contribution is -2.40. The number of para-hydroxylation sites is 1. The molecule has 0 fully saturated rings. The number of hydrogen-bond acceptors (Lipinski definition) is 4. The lowest BCUT2D eigenvalue weighted by molar-refractivity contribution is -0.153. The van der Waals surface area contributed by atoms with Crippen LogP contribution in [0.5, 0.6) is 5.75 Å². The molecule has 0 bridgehead atoms. The summed E-state index contributed by atoms with van der Waals surface area (Å²) < 4.78 is 11.3. The molecule has 0 amide bonds. The van der Waals surface area contributed by atoms with Crippen molar-refractivity contribution in [2.75, 3.05) is 13.1 Å². The summed E-state index contributed by atoms with van der Waals surface area (Å²) in [6, 6.07) is 7.89. The van der Waals surface area contributed by atoms with E-state index in [0.717, 1.165) is 30.7 Å². The summed E-state index contributed by atoms with van der Waals surface area (Å²) in [6.07, 6.45) is 1.41. The number of carbonyl (C=O) groups is 1. The maximum atomic E-state index is 11.7. The SMILES string of the molecule is CCCNCC(=O)OC1Cc2ccccc2OC1C.Cl. The van der Waals surface area contributed by atoms with Crippen LogP contribution < -0.4 is 10.1 Å². The van der Waals surface area contributed by atoms with Crippen molar-refractivity contribution in [2.24, 2.45) is 0 Å². The Kier molecular flexibility index (Phi) is 6.82. The summed E-state index contributed by atoms with van der Waals surface area (Å²) in [5.41, 5.74) is 1.10. The van der Waals surface area contributed by atoms with Crippen LogP contribution in [0, 0.1) is 0 Å².